The molecule has 0 bridgehead atoms. The van der Waals surface area contributed by atoms with Gasteiger partial charge >= 0.3 is 0 Å². The number of nitrogens with one attached hydrogen (secondary N) is 1. The molecule has 0 heterocycles. The summed E-state index contributed by atoms with van der Waals surface area (Å²) in [5.41, 5.74) is 0. The number of hydrogen-bond acceptors (Lipinski definition) is 3. The van der Waals surface area contributed by atoms with E-state index in [-0.39, 0.29) is 12.5 Å². The molecule has 0 atom stereocenters. The second-order valence-corrected chi connectivity index (χ2v) is 5.63. The number of carbonyl (C=O) groups is 1. The fourth-order valence-corrected chi connectivity index (χ4v) is 2.37. The number of amides is 1. The minimum absolute atomic E-state index is 0.0300. The summed E-state index contributed by atoms with van der Waals surface area (Å²) in [7, 11) is 0. The Balaban J connectivity index is 3.04. The molecule has 0 aromatic heterocycles. The Morgan fingerprint density at radius 1 is 1.00 bits per heavy atom. The van der Waals surface area contributed by atoms with E-state index in [9.17, 15) is 4.79 Å². The van der Waals surface area contributed by atoms with Crippen molar-refractivity contribution < 1.29 is 9.90 Å². The molecule has 0 saturated heterocycles. The molecule has 2 N–H and O–H groups in total. The van der Waals surface area contributed by atoms with Crippen molar-refractivity contribution in [3.8, 4) is 0 Å². The van der Waals surface area contributed by atoms with Crippen LogP contribution in [-0.4, -0.2) is 36.2 Å². The van der Waals surface area contributed by atoms with Gasteiger partial charge in [0.2, 0.25) is 5.91 Å². The Morgan fingerprint density at radius 3 is 2.11 bits per heavy atom. The summed E-state index contributed by atoms with van der Waals surface area (Å²) in [6, 6.07) is 0. The zero-order valence-corrected chi connectivity index (χ0v) is 12.6. The maximum absolute atomic E-state index is 11.2. The van der Waals surface area contributed by atoms with Gasteiger partial charge in [-0.1, -0.05) is 38.5 Å². The topological polar surface area (TPSA) is 49.3 Å². The largest absolute Gasteiger partial charge is 0.395 e. The average molecular weight is 275 g/mol. The Labute approximate surface area is 116 Å². The van der Waals surface area contributed by atoms with Crippen LogP contribution in [-0.2, 0) is 4.79 Å². The number of unbranched alkanes of at least 4 members (excludes halogenated alkanes) is 7. The molecule has 0 aromatic rings. The Bertz CT molecular complexity index is 189. The number of aliphatic hydroxyl groups is 1. The highest BCUT2D eigenvalue weighted by atomic mass is 32.2. The molecule has 0 rings (SSSR count). The fourth-order valence-electron chi connectivity index (χ4n) is 1.88. The third-order valence-electron chi connectivity index (χ3n) is 2.94. The van der Waals surface area contributed by atoms with Crippen molar-refractivity contribution in [3.63, 3.8) is 0 Å². The van der Waals surface area contributed by atoms with Crippen molar-refractivity contribution in [2.45, 2.75) is 57.8 Å². The highest BCUT2D eigenvalue weighted by Crippen LogP contribution is 2.10. The molecular formula is C14H29NO2S. The van der Waals surface area contributed by atoms with Crippen LogP contribution in [0.1, 0.15) is 57.8 Å². The van der Waals surface area contributed by atoms with Gasteiger partial charge in [-0.15, -0.1) is 0 Å². The molecule has 0 radical (unpaired) electrons. The molecule has 0 aromatic carbocycles. The number of aliphatic hydroxyl groups excluding tert-OH is 1. The molecule has 0 saturated carbocycles. The lowest BCUT2D eigenvalue weighted by atomic mass is 10.1. The quantitative estimate of drug-likeness (QED) is 0.508. The molecule has 0 unspecified atom stereocenters. The van der Waals surface area contributed by atoms with E-state index in [2.05, 4.69) is 11.6 Å². The molecule has 4 heteroatoms. The van der Waals surface area contributed by atoms with Crippen LogP contribution >= 0.6 is 11.8 Å². The van der Waals surface area contributed by atoms with Crippen molar-refractivity contribution in [2.75, 3.05) is 25.2 Å². The van der Waals surface area contributed by atoms with Crippen LogP contribution in [0, 0.1) is 0 Å². The second-order valence-electron chi connectivity index (χ2n) is 4.64. The van der Waals surface area contributed by atoms with E-state index >= 15 is 0 Å². The first kappa shape index (κ1) is 17.8. The summed E-state index contributed by atoms with van der Waals surface area (Å²) in [6.07, 6.45) is 12.9. The normalized spacial score (nSPS) is 10.6. The number of rotatable bonds is 13. The molecule has 0 aliphatic rings. The monoisotopic (exact) mass is 275 g/mol. The van der Waals surface area contributed by atoms with Gasteiger partial charge in [-0.3, -0.25) is 4.79 Å². The molecule has 0 spiro atoms. The summed E-state index contributed by atoms with van der Waals surface area (Å²) in [5, 5.41) is 11.2. The molecule has 0 fully saturated rings. The van der Waals surface area contributed by atoms with Gasteiger partial charge in [0, 0.05) is 13.0 Å². The van der Waals surface area contributed by atoms with Gasteiger partial charge in [-0.25, -0.2) is 0 Å². The Hall–Kier alpha value is -0.220. The van der Waals surface area contributed by atoms with Gasteiger partial charge in [-0.05, 0) is 24.9 Å². The minimum Gasteiger partial charge on any atom is -0.395 e. The van der Waals surface area contributed by atoms with E-state index in [4.69, 9.17) is 5.11 Å². The van der Waals surface area contributed by atoms with E-state index in [0.29, 0.717) is 13.0 Å². The van der Waals surface area contributed by atoms with Crippen LogP contribution in [0.4, 0.5) is 0 Å². The van der Waals surface area contributed by atoms with Gasteiger partial charge in [-0.2, -0.15) is 11.8 Å². The second kappa shape index (κ2) is 14.8. The lowest BCUT2D eigenvalue weighted by Gasteiger charge is -2.03. The van der Waals surface area contributed by atoms with E-state index in [0.717, 1.165) is 12.8 Å². The van der Waals surface area contributed by atoms with Crippen molar-refractivity contribution in [1.82, 2.24) is 5.32 Å². The summed E-state index contributed by atoms with van der Waals surface area (Å²) >= 11 is 1.93. The smallest absolute Gasteiger partial charge is 0.220 e. The summed E-state index contributed by atoms with van der Waals surface area (Å²) in [5.74, 6) is 1.37. The fraction of sp³-hybridized carbons (Fsp3) is 0.929. The van der Waals surface area contributed by atoms with Gasteiger partial charge in [0.1, 0.15) is 0 Å². The first-order valence-corrected chi connectivity index (χ1v) is 8.57. The van der Waals surface area contributed by atoms with Crippen LogP contribution in [0.15, 0.2) is 0 Å². The predicted molar refractivity (Wildman–Crippen MR) is 80.0 cm³/mol. The van der Waals surface area contributed by atoms with Gasteiger partial charge in [0.05, 0.1) is 6.61 Å². The molecule has 1 amide bonds. The molecule has 108 valence electrons. The minimum atomic E-state index is 0.0300. The SMILES string of the molecule is CSCCCCCCCCCCC(=O)NCCO. The van der Waals surface area contributed by atoms with E-state index in [1.807, 2.05) is 11.8 Å². The first-order valence-electron chi connectivity index (χ1n) is 7.17. The Kier molecular flexibility index (Phi) is 14.7. The maximum atomic E-state index is 11.2. The molecule has 0 aliphatic carbocycles. The van der Waals surface area contributed by atoms with Crippen molar-refractivity contribution in [2.24, 2.45) is 0 Å². The third-order valence-corrected chi connectivity index (χ3v) is 3.63. The highest BCUT2D eigenvalue weighted by molar-refractivity contribution is 7.98. The van der Waals surface area contributed by atoms with Crippen molar-refractivity contribution >= 4 is 17.7 Å². The lowest BCUT2D eigenvalue weighted by Crippen LogP contribution is -2.25. The van der Waals surface area contributed by atoms with Gasteiger partial charge < -0.3 is 10.4 Å². The van der Waals surface area contributed by atoms with Crippen molar-refractivity contribution in [1.29, 1.82) is 0 Å². The van der Waals surface area contributed by atoms with Crippen LogP contribution in [0.25, 0.3) is 0 Å². The summed E-state index contributed by atoms with van der Waals surface area (Å²) < 4.78 is 0. The van der Waals surface area contributed by atoms with Crippen molar-refractivity contribution in [3.05, 3.63) is 0 Å². The summed E-state index contributed by atoms with van der Waals surface area (Å²) in [4.78, 5) is 11.2. The maximum Gasteiger partial charge on any atom is 0.220 e. The average Bonchev–Trinajstić information content (AvgIpc) is 2.38. The highest BCUT2D eigenvalue weighted by Gasteiger charge is 1.99. The number of carbonyl (C=O) groups excluding carboxylic acids is 1. The Morgan fingerprint density at radius 2 is 1.56 bits per heavy atom. The molecule has 0 aliphatic heterocycles. The molecular weight excluding hydrogens is 246 g/mol. The van der Waals surface area contributed by atoms with Crippen LogP contribution in [0.2, 0.25) is 0 Å². The number of hydrogen-bond donors (Lipinski definition) is 2. The van der Waals surface area contributed by atoms with Crippen LogP contribution < -0.4 is 5.32 Å². The number of thioether (sulfide) groups is 1. The first-order chi connectivity index (χ1) is 8.81. The van der Waals surface area contributed by atoms with E-state index < -0.39 is 0 Å². The van der Waals surface area contributed by atoms with E-state index in [1.165, 1.54) is 44.3 Å². The zero-order valence-electron chi connectivity index (χ0n) is 11.7. The zero-order chi connectivity index (χ0) is 13.5. The predicted octanol–water partition coefficient (Wildman–Crippen LogP) is 2.97. The standard InChI is InChI=1S/C14H29NO2S/c1-18-13-9-7-5-3-2-4-6-8-10-14(17)15-11-12-16/h16H,2-13H2,1H3,(H,15,17). The molecule has 18 heavy (non-hydrogen) atoms. The third kappa shape index (κ3) is 13.8. The molecule has 3 nitrogen and oxygen atoms in total. The van der Waals surface area contributed by atoms with Gasteiger partial charge in [0.15, 0.2) is 0 Å². The summed E-state index contributed by atoms with van der Waals surface area (Å²) in [6.45, 7) is 0.414. The van der Waals surface area contributed by atoms with Gasteiger partial charge in [0.25, 0.3) is 0 Å². The van der Waals surface area contributed by atoms with Crippen LogP contribution in [0.5, 0.6) is 0 Å². The van der Waals surface area contributed by atoms with Crippen LogP contribution in [0.3, 0.4) is 0 Å². The van der Waals surface area contributed by atoms with E-state index in [1.54, 1.807) is 0 Å². The lowest BCUT2D eigenvalue weighted by molar-refractivity contribution is -0.121.